The molecular weight excluding hydrogens is 524 g/mol. The van der Waals surface area contributed by atoms with Crippen molar-refractivity contribution in [3.05, 3.63) is 48.5 Å². The molecule has 0 radical (unpaired) electrons. The lowest BCUT2D eigenvalue weighted by molar-refractivity contribution is -0.116. The van der Waals surface area contributed by atoms with E-state index in [1.54, 1.807) is 48.5 Å². The van der Waals surface area contributed by atoms with Gasteiger partial charge in [-0.25, -0.2) is 0 Å². The van der Waals surface area contributed by atoms with Crippen molar-refractivity contribution in [1.29, 1.82) is 0 Å². The minimum absolute atomic E-state index is 0.111. The Balaban J connectivity index is 1.56. The standard InChI is InChI=1S/C28H40N2O8S/c1-3-35-17-23(31)19-37-25-9-5-21(6-10-25)29-27(33)13-15-39-16-14-28(34)30-22-7-11-26(12-8-22)38-20-24(32)18-36-4-2/h5-12,23-24,31-32H,3-4,13-20H2,1-2H3,(H,29,33)(H,30,34). The van der Waals surface area contributed by atoms with E-state index in [-0.39, 0.29) is 38.2 Å². The molecule has 0 aromatic heterocycles. The van der Waals surface area contributed by atoms with Gasteiger partial charge in [0, 0.05) is 48.9 Å². The molecule has 4 N–H and O–H groups in total. The number of nitrogens with one attached hydrogen (secondary N) is 2. The van der Waals surface area contributed by atoms with Crippen LogP contribution in [0.25, 0.3) is 0 Å². The molecule has 0 aliphatic heterocycles. The molecular formula is C28H40N2O8S. The third-order valence-corrected chi connectivity index (χ3v) is 6.12. The van der Waals surface area contributed by atoms with Crippen molar-refractivity contribution in [3.8, 4) is 11.5 Å². The summed E-state index contributed by atoms with van der Waals surface area (Å²) in [6.45, 7) is 5.50. The fourth-order valence-corrected chi connectivity index (χ4v) is 4.00. The first-order valence-corrected chi connectivity index (χ1v) is 14.2. The number of thioether (sulfide) groups is 1. The molecule has 0 spiro atoms. The van der Waals surface area contributed by atoms with E-state index in [0.717, 1.165) is 0 Å². The molecule has 2 amide bonds. The SMILES string of the molecule is CCOCC(O)COc1ccc(NC(=O)CCSCCC(=O)Nc2ccc(OCC(O)COCC)cc2)cc1. The molecule has 0 fully saturated rings. The summed E-state index contributed by atoms with van der Waals surface area (Å²) in [6.07, 6.45) is -0.737. The second-order valence-electron chi connectivity index (χ2n) is 8.51. The van der Waals surface area contributed by atoms with Crippen LogP contribution in [0, 0.1) is 0 Å². The summed E-state index contributed by atoms with van der Waals surface area (Å²) in [6, 6.07) is 13.9. The van der Waals surface area contributed by atoms with Crippen molar-refractivity contribution >= 4 is 35.0 Å². The molecule has 0 aliphatic rings. The van der Waals surface area contributed by atoms with E-state index in [4.69, 9.17) is 18.9 Å². The molecule has 2 atom stereocenters. The highest BCUT2D eigenvalue weighted by atomic mass is 32.2. The molecule has 0 saturated carbocycles. The molecule has 2 aromatic carbocycles. The van der Waals surface area contributed by atoms with E-state index in [9.17, 15) is 19.8 Å². The number of ether oxygens (including phenoxy) is 4. The lowest BCUT2D eigenvalue weighted by Crippen LogP contribution is -2.23. The molecule has 2 unspecified atom stereocenters. The molecule has 2 rings (SSSR count). The Kier molecular flexibility index (Phi) is 16.0. The minimum Gasteiger partial charge on any atom is -0.491 e. The van der Waals surface area contributed by atoms with Gasteiger partial charge in [-0.2, -0.15) is 11.8 Å². The number of anilines is 2. The number of hydrogen-bond acceptors (Lipinski definition) is 9. The van der Waals surface area contributed by atoms with Crippen LogP contribution in [0.2, 0.25) is 0 Å². The summed E-state index contributed by atoms with van der Waals surface area (Å²) in [4.78, 5) is 24.4. The van der Waals surface area contributed by atoms with Gasteiger partial charge in [-0.15, -0.1) is 0 Å². The van der Waals surface area contributed by atoms with Crippen LogP contribution in [0.15, 0.2) is 48.5 Å². The Morgan fingerprint density at radius 3 is 1.44 bits per heavy atom. The maximum absolute atomic E-state index is 12.2. The van der Waals surface area contributed by atoms with Gasteiger partial charge in [0.1, 0.15) is 36.9 Å². The van der Waals surface area contributed by atoms with Gasteiger partial charge in [0.2, 0.25) is 11.8 Å². The lowest BCUT2D eigenvalue weighted by atomic mass is 10.3. The molecule has 11 heteroatoms. The highest BCUT2D eigenvalue weighted by Gasteiger charge is 2.08. The van der Waals surface area contributed by atoms with Gasteiger partial charge < -0.3 is 39.8 Å². The van der Waals surface area contributed by atoms with E-state index >= 15 is 0 Å². The number of carbonyl (C=O) groups is 2. The summed E-state index contributed by atoms with van der Waals surface area (Å²) < 4.78 is 21.3. The van der Waals surface area contributed by atoms with E-state index in [2.05, 4.69) is 10.6 Å². The smallest absolute Gasteiger partial charge is 0.225 e. The number of aliphatic hydroxyl groups excluding tert-OH is 2. The highest BCUT2D eigenvalue weighted by molar-refractivity contribution is 7.99. The maximum atomic E-state index is 12.2. The Hall–Kier alpha value is -2.83. The summed E-state index contributed by atoms with van der Waals surface area (Å²) in [5.74, 6) is 2.16. The second kappa shape index (κ2) is 19.3. The van der Waals surface area contributed by atoms with Crippen LogP contribution in [-0.4, -0.2) is 85.4 Å². The Morgan fingerprint density at radius 2 is 1.08 bits per heavy atom. The minimum atomic E-state index is -0.697. The van der Waals surface area contributed by atoms with Crippen LogP contribution < -0.4 is 20.1 Å². The van der Waals surface area contributed by atoms with Crippen molar-refractivity contribution in [1.82, 2.24) is 0 Å². The summed E-state index contributed by atoms with van der Waals surface area (Å²) >= 11 is 1.54. The fraction of sp³-hybridized carbons (Fsp3) is 0.500. The number of aliphatic hydroxyl groups is 2. The van der Waals surface area contributed by atoms with Crippen molar-refractivity contribution in [2.45, 2.75) is 38.9 Å². The molecule has 39 heavy (non-hydrogen) atoms. The largest absolute Gasteiger partial charge is 0.491 e. The van der Waals surface area contributed by atoms with Gasteiger partial charge in [0.15, 0.2) is 0 Å². The fourth-order valence-electron chi connectivity index (χ4n) is 3.14. The van der Waals surface area contributed by atoms with Crippen LogP contribution in [-0.2, 0) is 19.1 Å². The van der Waals surface area contributed by atoms with Gasteiger partial charge in [0.05, 0.1) is 13.2 Å². The van der Waals surface area contributed by atoms with Gasteiger partial charge in [-0.3, -0.25) is 9.59 Å². The maximum Gasteiger partial charge on any atom is 0.225 e. The Labute approximate surface area is 234 Å². The summed E-state index contributed by atoms with van der Waals surface area (Å²) in [5, 5.41) is 25.2. The van der Waals surface area contributed by atoms with Crippen molar-refractivity contribution in [2.24, 2.45) is 0 Å². The molecule has 2 aromatic rings. The average molecular weight is 565 g/mol. The number of benzene rings is 2. The zero-order valence-electron chi connectivity index (χ0n) is 22.6. The monoisotopic (exact) mass is 564 g/mol. The quantitative estimate of drug-likeness (QED) is 0.179. The third kappa shape index (κ3) is 14.8. The van der Waals surface area contributed by atoms with Gasteiger partial charge in [0.25, 0.3) is 0 Å². The zero-order valence-corrected chi connectivity index (χ0v) is 23.4. The first-order chi connectivity index (χ1) is 18.9. The Morgan fingerprint density at radius 1 is 0.692 bits per heavy atom. The number of hydrogen-bond donors (Lipinski definition) is 4. The molecule has 0 saturated heterocycles. The van der Waals surface area contributed by atoms with Crippen LogP contribution in [0.3, 0.4) is 0 Å². The predicted octanol–water partition coefficient (Wildman–Crippen LogP) is 3.33. The normalized spacial score (nSPS) is 12.4. The molecule has 0 aliphatic carbocycles. The molecule has 0 heterocycles. The van der Waals surface area contributed by atoms with Gasteiger partial charge in [-0.05, 0) is 62.4 Å². The second-order valence-corrected chi connectivity index (χ2v) is 9.73. The van der Waals surface area contributed by atoms with Crippen molar-refractivity contribution in [2.75, 3.05) is 61.8 Å². The highest BCUT2D eigenvalue weighted by Crippen LogP contribution is 2.18. The van der Waals surface area contributed by atoms with Gasteiger partial charge in [-0.1, -0.05) is 0 Å². The first kappa shape index (κ1) is 32.4. The van der Waals surface area contributed by atoms with Crippen LogP contribution in [0.4, 0.5) is 11.4 Å². The molecule has 0 bridgehead atoms. The number of carbonyl (C=O) groups excluding carboxylic acids is 2. The zero-order chi connectivity index (χ0) is 28.3. The number of amides is 2. The topological polar surface area (TPSA) is 136 Å². The van der Waals surface area contributed by atoms with Crippen molar-refractivity contribution < 1.29 is 38.7 Å². The van der Waals surface area contributed by atoms with E-state index in [1.165, 1.54) is 11.8 Å². The third-order valence-electron chi connectivity index (χ3n) is 5.14. The van der Waals surface area contributed by atoms with E-state index in [1.807, 2.05) is 13.8 Å². The first-order valence-electron chi connectivity index (χ1n) is 13.0. The van der Waals surface area contributed by atoms with E-state index in [0.29, 0.717) is 60.4 Å². The molecule has 10 nitrogen and oxygen atoms in total. The molecule has 216 valence electrons. The summed E-state index contributed by atoms with van der Waals surface area (Å²) in [5.41, 5.74) is 1.31. The van der Waals surface area contributed by atoms with Gasteiger partial charge >= 0.3 is 0 Å². The van der Waals surface area contributed by atoms with Crippen LogP contribution in [0.5, 0.6) is 11.5 Å². The van der Waals surface area contributed by atoms with Crippen LogP contribution in [0.1, 0.15) is 26.7 Å². The van der Waals surface area contributed by atoms with Crippen LogP contribution >= 0.6 is 11.8 Å². The van der Waals surface area contributed by atoms with Crippen molar-refractivity contribution in [3.63, 3.8) is 0 Å². The lowest BCUT2D eigenvalue weighted by Gasteiger charge is -2.12. The number of rotatable bonds is 20. The summed E-state index contributed by atoms with van der Waals surface area (Å²) in [7, 11) is 0. The predicted molar refractivity (Wildman–Crippen MR) is 153 cm³/mol. The van der Waals surface area contributed by atoms with E-state index < -0.39 is 12.2 Å². The Bertz CT molecular complexity index is 882. The average Bonchev–Trinajstić information content (AvgIpc) is 2.94.